The van der Waals surface area contributed by atoms with Crippen molar-refractivity contribution in [2.75, 3.05) is 0 Å². The molecule has 4 fully saturated rings. The number of hydrogen-bond donors (Lipinski definition) is 2. The van der Waals surface area contributed by atoms with Crippen LogP contribution in [0.3, 0.4) is 0 Å². The van der Waals surface area contributed by atoms with Crippen LogP contribution in [0.5, 0.6) is 0 Å². The van der Waals surface area contributed by atoms with Crippen LogP contribution in [-0.2, 0) is 0 Å². The number of rotatable bonds is 3. The topological polar surface area (TPSA) is 79.3 Å². The summed E-state index contributed by atoms with van der Waals surface area (Å²) in [5, 5.41) is 11.8. The molecule has 158 valence electrons. The first-order chi connectivity index (χ1) is 14.2. The van der Waals surface area contributed by atoms with E-state index in [-0.39, 0.29) is 11.4 Å². The van der Waals surface area contributed by atoms with Crippen LogP contribution in [0.15, 0.2) is 54.9 Å². The highest BCUT2D eigenvalue weighted by atomic mass is 16.4. The Morgan fingerprint density at radius 1 is 0.933 bits per heavy atom. The standard InChI is InChI=1S/C18H24N2O.C7H6O2/c1-16-6-13-7-17(2,10-16)12-18(8-13,11-16)20-15(21)14-4-3-5-19-9-14;8-7(9)6-4-2-1-3-5-6/h3-5,9,13H,6-8,10-12H2,1-2H3,(H,20,21);1-5H,(H,8,9). The van der Waals surface area contributed by atoms with Crippen LogP contribution in [0.2, 0.25) is 0 Å². The number of pyridine rings is 1. The maximum absolute atomic E-state index is 12.6. The highest BCUT2D eigenvalue weighted by Gasteiger charge is 2.60. The van der Waals surface area contributed by atoms with Crippen LogP contribution in [0.4, 0.5) is 0 Å². The van der Waals surface area contributed by atoms with E-state index < -0.39 is 5.97 Å². The number of amides is 1. The summed E-state index contributed by atoms with van der Waals surface area (Å²) in [6.45, 7) is 4.86. The number of benzene rings is 1. The molecule has 0 radical (unpaired) electrons. The fraction of sp³-hybridized carbons (Fsp3) is 0.480. The van der Waals surface area contributed by atoms with Crippen LogP contribution in [0.1, 0.15) is 73.1 Å². The smallest absolute Gasteiger partial charge is 0.335 e. The summed E-state index contributed by atoms with van der Waals surface area (Å²) in [4.78, 5) is 26.9. The van der Waals surface area contributed by atoms with Crippen LogP contribution in [0.25, 0.3) is 0 Å². The van der Waals surface area contributed by atoms with Gasteiger partial charge in [-0.3, -0.25) is 9.78 Å². The van der Waals surface area contributed by atoms with Crippen LogP contribution in [0, 0.1) is 16.7 Å². The molecule has 1 aromatic carbocycles. The Hall–Kier alpha value is -2.69. The second-order valence-corrected chi connectivity index (χ2v) is 10.3. The summed E-state index contributed by atoms with van der Waals surface area (Å²) in [5.74, 6) is -0.0294. The van der Waals surface area contributed by atoms with Gasteiger partial charge in [0.2, 0.25) is 0 Å². The first-order valence-corrected chi connectivity index (χ1v) is 10.7. The molecular formula is C25H30N2O3. The van der Waals surface area contributed by atoms with Crippen molar-refractivity contribution in [3.63, 3.8) is 0 Å². The van der Waals surface area contributed by atoms with Crippen molar-refractivity contribution in [1.29, 1.82) is 0 Å². The number of carboxylic acid groups (broad SMARTS) is 1. The second-order valence-electron chi connectivity index (χ2n) is 10.3. The summed E-state index contributed by atoms with van der Waals surface area (Å²) in [5.41, 5.74) is 1.89. The van der Waals surface area contributed by atoms with Crippen LogP contribution >= 0.6 is 0 Å². The van der Waals surface area contributed by atoms with E-state index in [1.807, 2.05) is 12.1 Å². The molecule has 2 aromatic rings. The van der Waals surface area contributed by atoms with Crippen molar-refractivity contribution in [3.8, 4) is 0 Å². The third-order valence-electron chi connectivity index (χ3n) is 6.95. The third kappa shape index (κ3) is 4.25. The lowest BCUT2D eigenvalue weighted by Crippen LogP contribution is -2.65. The Labute approximate surface area is 177 Å². The second kappa shape index (κ2) is 7.53. The molecule has 0 saturated heterocycles. The third-order valence-corrected chi connectivity index (χ3v) is 6.95. The first kappa shape index (κ1) is 20.6. The minimum atomic E-state index is -0.879. The van der Waals surface area contributed by atoms with Gasteiger partial charge in [0, 0.05) is 17.9 Å². The predicted octanol–water partition coefficient (Wildman–Crippen LogP) is 4.95. The number of carbonyl (C=O) groups excluding carboxylic acids is 1. The van der Waals surface area contributed by atoms with Crippen LogP contribution in [-0.4, -0.2) is 27.5 Å². The predicted molar refractivity (Wildman–Crippen MR) is 115 cm³/mol. The normalized spacial score (nSPS) is 33.3. The van der Waals surface area contributed by atoms with Gasteiger partial charge in [-0.05, 0) is 79.5 Å². The van der Waals surface area contributed by atoms with E-state index in [1.165, 1.54) is 25.7 Å². The minimum Gasteiger partial charge on any atom is -0.478 e. The lowest BCUT2D eigenvalue weighted by molar-refractivity contribution is -0.114. The highest BCUT2D eigenvalue weighted by molar-refractivity contribution is 5.94. The van der Waals surface area contributed by atoms with Gasteiger partial charge in [0.25, 0.3) is 5.91 Å². The number of nitrogens with one attached hydrogen (secondary N) is 1. The average Bonchev–Trinajstić information content (AvgIpc) is 2.66. The number of carbonyl (C=O) groups is 2. The maximum atomic E-state index is 12.6. The average molecular weight is 407 g/mol. The molecule has 30 heavy (non-hydrogen) atoms. The zero-order valence-corrected chi connectivity index (χ0v) is 17.7. The van der Waals surface area contributed by atoms with E-state index in [4.69, 9.17) is 5.11 Å². The van der Waals surface area contributed by atoms with Crippen molar-refractivity contribution in [2.45, 2.75) is 57.9 Å². The van der Waals surface area contributed by atoms with E-state index in [9.17, 15) is 9.59 Å². The van der Waals surface area contributed by atoms with E-state index >= 15 is 0 Å². The van der Waals surface area contributed by atoms with E-state index in [0.29, 0.717) is 22.0 Å². The number of hydrogen-bond acceptors (Lipinski definition) is 3. The van der Waals surface area contributed by atoms with Gasteiger partial charge in [0.1, 0.15) is 0 Å². The fourth-order valence-corrected chi connectivity index (χ4v) is 6.98. The molecule has 5 heteroatoms. The Bertz CT molecular complexity index is 910. The quantitative estimate of drug-likeness (QED) is 0.756. The fourth-order valence-electron chi connectivity index (χ4n) is 6.98. The van der Waals surface area contributed by atoms with E-state index in [1.54, 1.807) is 42.7 Å². The van der Waals surface area contributed by atoms with Gasteiger partial charge in [-0.15, -0.1) is 0 Å². The Morgan fingerprint density at radius 3 is 2.07 bits per heavy atom. The Kier molecular flexibility index (Phi) is 5.16. The lowest BCUT2D eigenvalue weighted by Gasteiger charge is -2.65. The van der Waals surface area contributed by atoms with Crippen molar-refractivity contribution in [2.24, 2.45) is 16.7 Å². The molecule has 4 saturated carbocycles. The molecule has 1 heterocycles. The molecule has 6 rings (SSSR count). The highest BCUT2D eigenvalue weighted by Crippen LogP contribution is 2.66. The summed E-state index contributed by atoms with van der Waals surface area (Å²) in [7, 11) is 0. The largest absolute Gasteiger partial charge is 0.478 e. The molecule has 0 aliphatic heterocycles. The lowest BCUT2D eigenvalue weighted by atomic mass is 9.43. The number of nitrogens with zero attached hydrogens (tertiary/aromatic N) is 1. The summed E-state index contributed by atoms with van der Waals surface area (Å²) in [6.07, 6.45) is 10.9. The molecule has 1 aromatic heterocycles. The van der Waals surface area contributed by atoms with Gasteiger partial charge in [-0.2, -0.15) is 0 Å². The van der Waals surface area contributed by atoms with Gasteiger partial charge < -0.3 is 10.4 Å². The van der Waals surface area contributed by atoms with E-state index in [0.717, 1.165) is 18.8 Å². The molecule has 5 nitrogen and oxygen atoms in total. The summed E-state index contributed by atoms with van der Waals surface area (Å²) >= 11 is 0. The number of carboxylic acids is 1. The molecule has 2 atom stereocenters. The molecule has 2 N–H and O–H groups in total. The first-order valence-electron chi connectivity index (χ1n) is 10.7. The van der Waals surface area contributed by atoms with Gasteiger partial charge in [0.15, 0.2) is 0 Å². The number of aromatic nitrogens is 1. The maximum Gasteiger partial charge on any atom is 0.335 e. The molecule has 4 aliphatic rings. The number of aromatic carboxylic acids is 1. The SMILES string of the molecule is CC12CC3CC(C)(C1)CC(NC(=O)c1cccnc1)(C3)C2.O=C(O)c1ccccc1. The minimum absolute atomic E-state index is 0.0237. The van der Waals surface area contributed by atoms with Gasteiger partial charge in [-0.25, -0.2) is 4.79 Å². The molecule has 4 bridgehead atoms. The van der Waals surface area contributed by atoms with E-state index in [2.05, 4.69) is 24.1 Å². The van der Waals surface area contributed by atoms with Crippen LogP contribution < -0.4 is 5.32 Å². The van der Waals surface area contributed by atoms with Crippen molar-refractivity contribution in [3.05, 3.63) is 66.0 Å². The Balaban J connectivity index is 0.000000204. The Morgan fingerprint density at radius 2 is 1.57 bits per heavy atom. The van der Waals surface area contributed by atoms with Gasteiger partial charge in [0.05, 0.1) is 11.1 Å². The summed E-state index contributed by atoms with van der Waals surface area (Å²) in [6, 6.07) is 12.0. The molecule has 0 spiro atoms. The van der Waals surface area contributed by atoms with Crippen molar-refractivity contribution < 1.29 is 14.7 Å². The van der Waals surface area contributed by atoms with Crippen molar-refractivity contribution >= 4 is 11.9 Å². The zero-order chi connectivity index (χ0) is 21.4. The van der Waals surface area contributed by atoms with Gasteiger partial charge >= 0.3 is 5.97 Å². The monoisotopic (exact) mass is 406 g/mol. The van der Waals surface area contributed by atoms with Gasteiger partial charge in [-0.1, -0.05) is 32.0 Å². The molecular weight excluding hydrogens is 376 g/mol. The molecule has 2 unspecified atom stereocenters. The molecule has 1 amide bonds. The summed E-state index contributed by atoms with van der Waals surface area (Å²) < 4.78 is 0. The molecule has 4 aliphatic carbocycles. The van der Waals surface area contributed by atoms with Crippen molar-refractivity contribution in [1.82, 2.24) is 10.3 Å². The zero-order valence-electron chi connectivity index (χ0n) is 17.7.